The second kappa shape index (κ2) is 5.50. The van der Waals surface area contributed by atoms with Crippen LogP contribution in [-0.2, 0) is 0 Å². The van der Waals surface area contributed by atoms with Crippen molar-refractivity contribution in [3.8, 4) is 0 Å². The SMILES string of the molecule is NC(c1c(F)ccc(Br)c1F)c1cccc2cccnc12. The van der Waals surface area contributed by atoms with Crippen LogP contribution in [-0.4, -0.2) is 4.98 Å². The molecule has 0 spiro atoms. The number of pyridine rings is 1. The van der Waals surface area contributed by atoms with Crippen LogP contribution >= 0.6 is 15.9 Å². The zero-order valence-electron chi connectivity index (χ0n) is 10.9. The first-order valence-electron chi connectivity index (χ1n) is 6.32. The molecule has 2 N–H and O–H groups in total. The van der Waals surface area contributed by atoms with Crippen molar-refractivity contribution in [2.24, 2.45) is 5.73 Å². The molecule has 2 aromatic carbocycles. The molecule has 0 amide bonds. The van der Waals surface area contributed by atoms with E-state index in [1.807, 2.05) is 12.1 Å². The fourth-order valence-electron chi connectivity index (χ4n) is 2.36. The van der Waals surface area contributed by atoms with E-state index >= 15 is 0 Å². The molecular formula is C16H11BrF2N2. The van der Waals surface area contributed by atoms with Crippen LogP contribution in [0.3, 0.4) is 0 Å². The van der Waals surface area contributed by atoms with Crippen LogP contribution in [0.15, 0.2) is 53.1 Å². The van der Waals surface area contributed by atoms with Crippen LogP contribution in [0, 0.1) is 11.6 Å². The number of aromatic nitrogens is 1. The first-order chi connectivity index (χ1) is 10.1. The van der Waals surface area contributed by atoms with E-state index in [1.54, 1.807) is 24.4 Å². The Morgan fingerprint density at radius 3 is 2.62 bits per heavy atom. The number of nitrogens with zero attached hydrogens (tertiary/aromatic N) is 1. The third kappa shape index (κ3) is 2.43. The average molecular weight is 349 g/mol. The number of fused-ring (bicyclic) bond motifs is 1. The summed E-state index contributed by atoms with van der Waals surface area (Å²) in [5.74, 6) is -1.36. The zero-order valence-corrected chi connectivity index (χ0v) is 12.4. The highest BCUT2D eigenvalue weighted by molar-refractivity contribution is 9.10. The molecule has 3 rings (SSSR count). The zero-order chi connectivity index (χ0) is 15.0. The second-order valence-corrected chi connectivity index (χ2v) is 5.51. The van der Waals surface area contributed by atoms with Crippen LogP contribution in [0.5, 0.6) is 0 Å². The maximum atomic E-state index is 14.2. The van der Waals surface area contributed by atoms with Crippen molar-refractivity contribution in [2.75, 3.05) is 0 Å². The van der Waals surface area contributed by atoms with Crippen molar-refractivity contribution in [1.29, 1.82) is 0 Å². The first-order valence-corrected chi connectivity index (χ1v) is 7.11. The molecule has 0 saturated heterocycles. The Morgan fingerprint density at radius 1 is 1.05 bits per heavy atom. The van der Waals surface area contributed by atoms with Gasteiger partial charge in [-0.1, -0.05) is 24.3 Å². The van der Waals surface area contributed by atoms with Crippen molar-refractivity contribution >= 4 is 26.8 Å². The number of rotatable bonds is 2. The summed E-state index contributed by atoms with van der Waals surface area (Å²) in [6.45, 7) is 0. The Kier molecular flexibility index (Phi) is 3.69. The molecule has 5 heteroatoms. The first kappa shape index (κ1) is 14.1. The Bertz CT molecular complexity index is 815. The van der Waals surface area contributed by atoms with Gasteiger partial charge in [0.15, 0.2) is 0 Å². The highest BCUT2D eigenvalue weighted by Gasteiger charge is 2.22. The molecule has 0 aliphatic rings. The summed E-state index contributed by atoms with van der Waals surface area (Å²) >= 11 is 3.06. The van der Waals surface area contributed by atoms with Crippen molar-refractivity contribution < 1.29 is 8.78 Å². The summed E-state index contributed by atoms with van der Waals surface area (Å²) in [7, 11) is 0. The van der Waals surface area contributed by atoms with Crippen molar-refractivity contribution in [1.82, 2.24) is 4.98 Å². The molecule has 0 aliphatic carbocycles. The van der Waals surface area contributed by atoms with Crippen molar-refractivity contribution in [2.45, 2.75) is 6.04 Å². The van der Waals surface area contributed by atoms with Crippen molar-refractivity contribution in [3.63, 3.8) is 0 Å². The van der Waals surface area contributed by atoms with E-state index in [0.717, 1.165) is 5.39 Å². The highest BCUT2D eigenvalue weighted by atomic mass is 79.9. The van der Waals surface area contributed by atoms with Gasteiger partial charge in [-0.25, -0.2) is 8.78 Å². The van der Waals surface area contributed by atoms with Crippen LogP contribution in [0.25, 0.3) is 10.9 Å². The summed E-state index contributed by atoms with van der Waals surface area (Å²) in [5, 5.41) is 0.876. The average Bonchev–Trinajstić information content (AvgIpc) is 2.50. The molecule has 2 nitrogen and oxygen atoms in total. The highest BCUT2D eigenvalue weighted by Crippen LogP contribution is 2.31. The predicted octanol–water partition coefficient (Wildman–Crippen LogP) is 4.32. The Hall–Kier alpha value is -1.85. The summed E-state index contributed by atoms with van der Waals surface area (Å²) in [6, 6.07) is 10.7. The normalized spacial score (nSPS) is 12.6. The number of nitrogens with two attached hydrogens (primary N) is 1. The van der Waals surface area contributed by atoms with Gasteiger partial charge >= 0.3 is 0 Å². The van der Waals surface area contributed by atoms with Gasteiger partial charge in [-0.05, 0) is 39.7 Å². The second-order valence-electron chi connectivity index (χ2n) is 4.66. The van der Waals surface area contributed by atoms with E-state index in [2.05, 4.69) is 20.9 Å². The smallest absolute Gasteiger partial charge is 0.145 e. The molecule has 0 aliphatic heterocycles. The Balaban J connectivity index is 2.22. The van der Waals surface area contributed by atoms with Gasteiger partial charge in [0, 0.05) is 17.1 Å². The van der Waals surface area contributed by atoms with Gasteiger partial charge in [0.1, 0.15) is 11.6 Å². The van der Waals surface area contributed by atoms with Crippen LogP contribution < -0.4 is 5.73 Å². The third-order valence-electron chi connectivity index (χ3n) is 3.39. The minimum Gasteiger partial charge on any atom is -0.320 e. The van der Waals surface area contributed by atoms with E-state index in [-0.39, 0.29) is 10.0 Å². The van der Waals surface area contributed by atoms with E-state index in [1.165, 1.54) is 12.1 Å². The number of para-hydroxylation sites is 1. The van der Waals surface area contributed by atoms with Gasteiger partial charge in [-0.3, -0.25) is 4.98 Å². The molecule has 0 saturated carbocycles. The lowest BCUT2D eigenvalue weighted by molar-refractivity contribution is 0.540. The van der Waals surface area contributed by atoms with E-state index in [0.29, 0.717) is 11.1 Å². The monoisotopic (exact) mass is 348 g/mol. The summed E-state index contributed by atoms with van der Waals surface area (Å²) in [6.07, 6.45) is 1.63. The molecule has 106 valence electrons. The molecule has 21 heavy (non-hydrogen) atoms. The molecule has 3 aromatic rings. The molecule has 0 fully saturated rings. The maximum absolute atomic E-state index is 14.2. The van der Waals surface area contributed by atoms with Gasteiger partial charge in [0.2, 0.25) is 0 Å². The lowest BCUT2D eigenvalue weighted by Crippen LogP contribution is -2.16. The van der Waals surface area contributed by atoms with Gasteiger partial charge < -0.3 is 5.73 Å². The molecule has 1 heterocycles. The predicted molar refractivity (Wildman–Crippen MR) is 81.8 cm³/mol. The van der Waals surface area contributed by atoms with Gasteiger partial charge in [-0.15, -0.1) is 0 Å². The lowest BCUT2D eigenvalue weighted by atomic mass is 9.96. The minimum atomic E-state index is -0.930. The summed E-state index contributed by atoms with van der Waals surface area (Å²) in [4.78, 5) is 4.27. The molecule has 1 aromatic heterocycles. The van der Waals surface area contributed by atoms with E-state index in [4.69, 9.17) is 5.73 Å². The fraction of sp³-hybridized carbons (Fsp3) is 0.0625. The summed E-state index contributed by atoms with van der Waals surface area (Å²) in [5.41, 5.74) is 7.18. The number of hydrogen-bond acceptors (Lipinski definition) is 2. The largest absolute Gasteiger partial charge is 0.320 e. The van der Waals surface area contributed by atoms with E-state index in [9.17, 15) is 8.78 Å². The van der Waals surface area contributed by atoms with E-state index < -0.39 is 17.7 Å². The standard InChI is InChI=1S/C16H11BrF2N2/c17-11-6-7-12(18)13(14(11)19)15(20)10-5-1-3-9-4-2-8-21-16(9)10/h1-8,15H,20H2. The molecule has 1 atom stereocenters. The van der Waals surface area contributed by atoms with Crippen LogP contribution in [0.4, 0.5) is 8.78 Å². The molecule has 0 bridgehead atoms. The minimum absolute atomic E-state index is 0.164. The Labute approximate surface area is 128 Å². The number of hydrogen-bond donors (Lipinski definition) is 1. The van der Waals surface area contributed by atoms with Crippen molar-refractivity contribution in [3.05, 3.63) is 75.9 Å². The lowest BCUT2D eigenvalue weighted by Gasteiger charge is -2.16. The Morgan fingerprint density at radius 2 is 1.81 bits per heavy atom. The van der Waals surface area contributed by atoms with Gasteiger partial charge in [-0.2, -0.15) is 0 Å². The maximum Gasteiger partial charge on any atom is 0.145 e. The quantitative estimate of drug-likeness (QED) is 0.700. The van der Waals surface area contributed by atoms with Gasteiger partial charge in [0.25, 0.3) is 0 Å². The third-order valence-corrected chi connectivity index (χ3v) is 4.00. The molecule has 0 radical (unpaired) electrons. The number of halogens is 3. The molecule has 1 unspecified atom stereocenters. The fourth-order valence-corrected chi connectivity index (χ4v) is 2.71. The number of benzene rings is 2. The van der Waals surface area contributed by atoms with Crippen LogP contribution in [0.2, 0.25) is 0 Å². The summed E-state index contributed by atoms with van der Waals surface area (Å²) < 4.78 is 28.4. The molecular weight excluding hydrogens is 338 g/mol. The van der Waals surface area contributed by atoms with Crippen LogP contribution in [0.1, 0.15) is 17.2 Å². The van der Waals surface area contributed by atoms with Gasteiger partial charge in [0.05, 0.1) is 16.0 Å². The topological polar surface area (TPSA) is 38.9 Å².